The Morgan fingerprint density at radius 1 is 1.38 bits per heavy atom. The van der Waals surface area contributed by atoms with Crippen LogP contribution in [0.15, 0.2) is 41.5 Å². The zero-order valence-electron chi connectivity index (χ0n) is 18.9. The first-order valence-electron chi connectivity index (χ1n) is 10.5. The number of anilines is 1. The van der Waals surface area contributed by atoms with E-state index in [-0.39, 0.29) is 24.0 Å². The molecule has 13 nitrogen and oxygen atoms in total. The largest absolute Gasteiger partial charge is 0.468 e. The standard InChI is InChI=1S/C20H28N5O8P/c1-12(2)17(18(27)30-3)24-34(29,32-13-7-5-4-6-8-13)33-14-9-16(31-15(14)10-26)25-11-22-19(21)23-20(25)28/h4-8,11-12,14-17,26H,9-10H2,1-3H3,(H,24,29)(H2,21,23,28)/t14?,15?,16?,17-,34?/m0/s1. The summed E-state index contributed by atoms with van der Waals surface area (Å²) in [5, 5.41) is 12.5. The predicted octanol–water partition coefficient (Wildman–Crippen LogP) is 0.860. The van der Waals surface area contributed by atoms with Gasteiger partial charge in [-0.15, -0.1) is 0 Å². The molecule has 186 valence electrons. The highest BCUT2D eigenvalue weighted by atomic mass is 31.2. The molecule has 0 amide bonds. The Morgan fingerprint density at radius 3 is 2.68 bits per heavy atom. The smallest absolute Gasteiger partial charge is 0.459 e. The second-order valence-corrected chi connectivity index (χ2v) is 9.52. The van der Waals surface area contributed by atoms with E-state index in [1.54, 1.807) is 44.2 Å². The van der Waals surface area contributed by atoms with Gasteiger partial charge < -0.3 is 24.8 Å². The van der Waals surface area contributed by atoms with Crippen LogP contribution in [0.1, 0.15) is 26.5 Å². The van der Waals surface area contributed by atoms with Gasteiger partial charge in [-0.3, -0.25) is 13.9 Å². The molecule has 34 heavy (non-hydrogen) atoms. The van der Waals surface area contributed by atoms with Crippen molar-refractivity contribution in [1.29, 1.82) is 0 Å². The molecule has 1 aliphatic rings. The summed E-state index contributed by atoms with van der Waals surface area (Å²) >= 11 is 0. The Morgan fingerprint density at radius 2 is 2.09 bits per heavy atom. The SMILES string of the molecule is COC(=O)[C@@H](NP(=O)(Oc1ccccc1)OC1CC(n2cnc(N)nc2=O)OC1CO)C(C)C. The summed E-state index contributed by atoms with van der Waals surface area (Å²) in [5.41, 5.74) is 4.72. The average Bonchev–Trinajstić information content (AvgIpc) is 3.19. The molecule has 3 rings (SSSR count). The van der Waals surface area contributed by atoms with Crippen molar-refractivity contribution in [2.75, 3.05) is 19.5 Å². The number of rotatable bonds is 10. The number of nitrogens with two attached hydrogens (primary N) is 1. The molecule has 1 saturated heterocycles. The van der Waals surface area contributed by atoms with Crippen molar-refractivity contribution in [3.63, 3.8) is 0 Å². The third kappa shape index (κ3) is 6.19. The molecule has 14 heteroatoms. The fourth-order valence-electron chi connectivity index (χ4n) is 3.35. The number of ether oxygens (including phenoxy) is 2. The normalized spacial score (nSPS) is 22.8. The Labute approximate surface area is 195 Å². The molecule has 2 aromatic rings. The quantitative estimate of drug-likeness (QED) is 0.312. The topological polar surface area (TPSA) is 177 Å². The van der Waals surface area contributed by atoms with E-state index < -0.39 is 50.5 Å². The van der Waals surface area contributed by atoms with Gasteiger partial charge in [-0.25, -0.2) is 14.3 Å². The fraction of sp³-hybridized carbons (Fsp3) is 0.500. The van der Waals surface area contributed by atoms with E-state index in [1.165, 1.54) is 7.11 Å². The lowest BCUT2D eigenvalue weighted by molar-refractivity contribution is -0.143. The molecule has 1 aliphatic heterocycles. The van der Waals surface area contributed by atoms with E-state index in [0.717, 1.165) is 10.9 Å². The van der Waals surface area contributed by atoms with Gasteiger partial charge in [-0.1, -0.05) is 32.0 Å². The maximum atomic E-state index is 13.9. The van der Waals surface area contributed by atoms with Crippen molar-refractivity contribution in [3.8, 4) is 5.75 Å². The van der Waals surface area contributed by atoms with Gasteiger partial charge in [0, 0.05) is 6.42 Å². The molecule has 4 unspecified atom stereocenters. The highest BCUT2D eigenvalue weighted by molar-refractivity contribution is 7.52. The molecular weight excluding hydrogens is 469 g/mol. The Kier molecular flexibility index (Phi) is 8.39. The second-order valence-electron chi connectivity index (χ2n) is 7.87. The van der Waals surface area contributed by atoms with E-state index in [2.05, 4.69) is 15.1 Å². The number of aliphatic hydroxyl groups excluding tert-OH is 1. The summed E-state index contributed by atoms with van der Waals surface area (Å²) in [6, 6.07) is 7.24. The Balaban J connectivity index is 1.88. The molecule has 5 atom stereocenters. The van der Waals surface area contributed by atoms with Crippen LogP contribution in [0, 0.1) is 5.92 Å². The number of nitrogens with zero attached hydrogens (tertiary/aromatic N) is 3. The van der Waals surface area contributed by atoms with Gasteiger partial charge in [0.2, 0.25) is 5.95 Å². The lowest BCUT2D eigenvalue weighted by atomic mass is 10.1. The summed E-state index contributed by atoms with van der Waals surface area (Å²) in [6.45, 7) is 2.97. The minimum Gasteiger partial charge on any atom is -0.468 e. The highest BCUT2D eigenvalue weighted by Gasteiger charge is 2.45. The molecule has 0 radical (unpaired) electrons. The van der Waals surface area contributed by atoms with E-state index in [4.69, 9.17) is 24.3 Å². The van der Waals surface area contributed by atoms with Crippen LogP contribution in [-0.2, 0) is 23.4 Å². The predicted molar refractivity (Wildman–Crippen MR) is 120 cm³/mol. The van der Waals surface area contributed by atoms with E-state index in [9.17, 15) is 19.3 Å². The molecule has 2 heterocycles. The van der Waals surface area contributed by atoms with Crippen LogP contribution in [0.5, 0.6) is 5.75 Å². The van der Waals surface area contributed by atoms with Crippen molar-refractivity contribution in [1.82, 2.24) is 19.6 Å². The molecule has 4 N–H and O–H groups in total. The number of benzene rings is 1. The molecule has 1 fully saturated rings. The number of hydrogen-bond acceptors (Lipinski definition) is 11. The number of hydrogen-bond donors (Lipinski definition) is 3. The summed E-state index contributed by atoms with van der Waals surface area (Å²) < 4.78 is 37.0. The summed E-state index contributed by atoms with van der Waals surface area (Å²) in [5.74, 6) is -0.945. The Hall–Kier alpha value is -2.83. The Bertz CT molecular complexity index is 1080. The van der Waals surface area contributed by atoms with Crippen molar-refractivity contribution < 1.29 is 33.0 Å². The van der Waals surface area contributed by atoms with Gasteiger partial charge in [0.1, 0.15) is 36.6 Å². The molecule has 0 bridgehead atoms. The minimum atomic E-state index is -4.24. The molecule has 0 aliphatic carbocycles. The number of carbonyl (C=O) groups is 1. The third-order valence-electron chi connectivity index (χ3n) is 5.08. The van der Waals surface area contributed by atoms with Crippen LogP contribution < -0.4 is 21.0 Å². The second kappa shape index (κ2) is 11.1. The zero-order valence-corrected chi connectivity index (χ0v) is 19.8. The van der Waals surface area contributed by atoms with Crippen LogP contribution in [0.4, 0.5) is 5.95 Å². The maximum absolute atomic E-state index is 13.9. The van der Waals surface area contributed by atoms with Crippen LogP contribution in [0.25, 0.3) is 0 Å². The monoisotopic (exact) mass is 497 g/mol. The van der Waals surface area contributed by atoms with Crippen LogP contribution in [0.2, 0.25) is 0 Å². The van der Waals surface area contributed by atoms with Gasteiger partial charge in [0.05, 0.1) is 13.7 Å². The van der Waals surface area contributed by atoms with E-state index in [0.29, 0.717) is 0 Å². The van der Waals surface area contributed by atoms with Crippen molar-refractivity contribution >= 4 is 19.7 Å². The van der Waals surface area contributed by atoms with Gasteiger partial charge >= 0.3 is 19.4 Å². The molecular formula is C20H28N5O8P. The van der Waals surface area contributed by atoms with Crippen molar-refractivity contribution in [3.05, 3.63) is 47.1 Å². The van der Waals surface area contributed by atoms with Gasteiger partial charge in [-0.2, -0.15) is 10.1 Å². The van der Waals surface area contributed by atoms with Crippen molar-refractivity contribution in [2.45, 2.75) is 44.7 Å². The van der Waals surface area contributed by atoms with Crippen LogP contribution in [-0.4, -0.2) is 57.6 Å². The third-order valence-corrected chi connectivity index (χ3v) is 6.67. The lowest BCUT2D eigenvalue weighted by Gasteiger charge is -2.28. The summed E-state index contributed by atoms with van der Waals surface area (Å²) in [7, 11) is -3.02. The number of aromatic nitrogens is 3. The number of carbonyl (C=O) groups excluding carboxylic acids is 1. The first-order valence-corrected chi connectivity index (χ1v) is 12.1. The van der Waals surface area contributed by atoms with Gasteiger partial charge in [0.15, 0.2) is 0 Å². The number of nitrogen functional groups attached to an aromatic ring is 1. The lowest BCUT2D eigenvalue weighted by Crippen LogP contribution is -2.42. The minimum absolute atomic E-state index is 0.00675. The number of para-hydroxylation sites is 1. The van der Waals surface area contributed by atoms with Crippen molar-refractivity contribution in [2.24, 2.45) is 5.92 Å². The first kappa shape index (κ1) is 25.8. The van der Waals surface area contributed by atoms with E-state index >= 15 is 0 Å². The average molecular weight is 497 g/mol. The van der Waals surface area contributed by atoms with Crippen LogP contribution in [0.3, 0.4) is 0 Å². The summed E-state index contributed by atoms with van der Waals surface area (Å²) in [4.78, 5) is 31.8. The van der Waals surface area contributed by atoms with Gasteiger partial charge in [0.25, 0.3) is 0 Å². The van der Waals surface area contributed by atoms with E-state index in [1.807, 2.05) is 0 Å². The fourth-order valence-corrected chi connectivity index (χ4v) is 5.23. The highest BCUT2D eigenvalue weighted by Crippen LogP contribution is 2.49. The zero-order chi connectivity index (χ0) is 24.9. The summed E-state index contributed by atoms with van der Waals surface area (Å²) in [6.07, 6.45) is -1.68. The van der Waals surface area contributed by atoms with Crippen LogP contribution >= 0.6 is 7.75 Å². The number of methoxy groups -OCH3 is 1. The number of aliphatic hydroxyl groups is 1. The van der Waals surface area contributed by atoms with Gasteiger partial charge in [-0.05, 0) is 18.1 Å². The molecule has 0 spiro atoms. The maximum Gasteiger partial charge on any atom is 0.459 e. The number of nitrogens with one attached hydrogen (secondary N) is 1. The molecule has 1 aromatic heterocycles. The first-order chi connectivity index (χ1) is 16.2. The molecule has 0 saturated carbocycles. The number of esters is 1. The molecule has 1 aromatic carbocycles.